The predicted molar refractivity (Wildman–Crippen MR) is 119 cm³/mol. The zero-order chi connectivity index (χ0) is 15.5. The molecular formula is C14H33Cu2N2O3P4Y4+. The van der Waals surface area contributed by atoms with E-state index >= 15 is 0 Å². The van der Waals surface area contributed by atoms with Gasteiger partial charge in [-0.2, -0.15) is 9.90 Å². The molecule has 0 bridgehead atoms. The number of hydrogen-bond donors (Lipinski definition) is 1. The Morgan fingerprint density at radius 2 is 1.21 bits per heavy atom. The van der Waals surface area contributed by atoms with Gasteiger partial charge in [-0.25, -0.2) is 0 Å². The molecule has 0 aromatic heterocycles. The van der Waals surface area contributed by atoms with E-state index in [0.717, 1.165) is 23.9 Å². The molecule has 0 amide bonds. The number of phenolic OH excluding ortho intramolecular Hbond substituents is 1. The van der Waals surface area contributed by atoms with Gasteiger partial charge in [0.15, 0.2) is 5.75 Å². The van der Waals surface area contributed by atoms with Crippen LogP contribution in [-0.2, 0) is 170 Å². The number of hydrogen-bond acceptors (Lipinski definition) is 3. The van der Waals surface area contributed by atoms with Gasteiger partial charge in [0.05, 0.1) is 11.4 Å². The standard InChI is InChI=1S/C14H26N2OP3.2Cu.2H2O.H3P.4Y/c1-14(2,3)10-5-11(15(4)7-18)13(17)12(6-10)16(8-19)9-20;;;;;;;;;/h5-6,17H,4,7-9,18-20H2,1-3H3;;;2*1H2;1H3;;;;/q-1;2*+1;;;;;;;. The summed E-state index contributed by atoms with van der Waals surface area (Å²) in [5.41, 5.74) is 2.83. The van der Waals surface area contributed by atoms with Gasteiger partial charge < -0.3 is 25.9 Å². The molecule has 1 aromatic rings. The van der Waals surface area contributed by atoms with Crippen LogP contribution in [0.25, 0.3) is 0 Å². The number of benzene rings is 1. The van der Waals surface area contributed by atoms with Crippen molar-refractivity contribution in [1.29, 1.82) is 0 Å². The quantitative estimate of drug-likeness (QED) is 0.279. The van der Waals surface area contributed by atoms with Gasteiger partial charge in [0.25, 0.3) is 0 Å². The summed E-state index contributed by atoms with van der Waals surface area (Å²) in [7, 11) is 12.0. The average molecular weight is 884 g/mol. The zero-order valence-electron chi connectivity index (χ0n) is 17.2. The van der Waals surface area contributed by atoms with Crippen LogP contribution in [0.2, 0.25) is 0 Å². The van der Waals surface area contributed by atoms with Gasteiger partial charge in [0, 0.05) is 150 Å². The third-order valence-corrected chi connectivity index (χ3v) is 4.60. The second-order valence-electron chi connectivity index (χ2n) is 5.74. The Morgan fingerprint density at radius 1 is 0.862 bits per heavy atom. The Kier molecular flexibility index (Phi) is 61.6. The van der Waals surface area contributed by atoms with Gasteiger partial charge in [0.1, 0.15) is 0 Å². The van der Waals surface area contributed by atoms with Crippen molar-refractivity contribution >= 4 is 49.0 Å². The SMILES string of the molecule is O.O.P.[CH2-]N(CP)c1cc(C(C)(C)C)cc(N(CP)CP)c1O.[Cu+].[Cu+].[Y].[Y].[Y].[Y]. The molecule has 4 atom stereocenters. The molecule has 5 N–H and O–H groups in total. The second kappa shape index (κ2) is 29.9. The van der Waals surface area contributed by atoms with E-state index in [4.69, 9.17) is 0 Å². The Bertz CT molecular complexity index is 493. The fourth-order valence-corrected chi connectivity index (χ4v) is 3.08. The number of aromatic hydroxyl groups is 1. The normalized spacial score (nSPS) is 7.97. The fraction of sp³-hybridized carbons (Fsp3) is 0.500. The fourth-order valence-electron chi connectivity index (χ4n) is 1.89. The molecule has 0 aliphatic heterocycles. The molecule has 1 aromatic carbocycles. The van der Waals surface area contributed by atoms with Crippen LogP contribution in [0.5, 0.6) is 5.75 Å². The Labute approximate surface area is 309 Å². The Hall–Kier alpha value is 5.71. The molecule has 0 heterocycles. The third-order valence-electron chi connectivity index (χ3n) is 3.28. The van der Waals surface area contributed by atoms with Gasteiger partial charge >= 0.3 is 34.1 Å². The predicted octanol–water partition coefficient (Wildman–Crippen LogP) is 1.99. The summed E-state index contributed by atoms with van der Waals surface area (Å²) in [6.07, 6.45) is 2.20. The molecule has 29 heavy (non-hydrogen) atoms. The van der Waals surface area contributed by atoms with Crippen molar-refractivity contribution in [3.63, 3.8) is 0 Å². The van der Waals surface area contributed by atoms with Crippen LogP contribution in [0, 0.1) is 7.05 Å². The van der Waals surface area contributed by atoms with Gasteiger partial charge in [-0.05, 0) is 23.1 Å². The largest absolute Gasteiger partial charge is 1.00 e. The first-order chi connectivity index (χ1) is 9.26. The summed E-state index contributed by atoms with van der Waals surface area (Å²) in [6.45, 7) is 6.52. The number of anilines is 2. The van der Waals surface area contributed by atoms with E-state index in [2.05, 4.69) is 66.5 Å². The molecule has 0 aliphatic rings. The molecule has 0 aliphatic carbocycles. The Morgan fingerprint density at radius 3 is 1.48 bits per heavy atom. The first kappa shape index (κ1) is 59.7. The molecule has 0 fully saturated rings. The van der Waals surface area contributed by atoms with Crippen LogP contribution in [0.3, 0.4) is 0 Å². The van der Waals surface area contributed by atoms with E-state index < -0.39 is 0 Å². The van der Waals surface area contributed by atoms with Crippen LogP contribution in [0.15, 0.2) is 12.1 Å². The Balaban J connectivity index is -0.0000000635. The minimum absolute atomic E-state index is 0. The molecule has 0 saturated heterocycles. The maximum absolute atomic E-state index is 10.6. The molecule has 5 nitrogen and oxygen atoms in total. The minimum atomic E-state index is 0. The van der Waals surface area contributed by atoms with E-state index in [1.807, 2.05) is 6.07 Å². The first-order valence-electron chi connectivity index (χ1n) is 6.57. The molecule has 0 spiro atoms. The van der Waals surface area contributed by atoms with Crippen molar-refractivity contribution in [3.8, 4) is 5.75 Å². The van der Waals surface area contributed by atoms with Crippen molar-refractivity contribution in [2.24, 2.45) is 0 Å². The maximum atomic E-state index is 10.6. The topological polar surface area (TPSA) is 89.7 Å². The summed E-state index contributed by atoms with van der Waals surface area (Å²) in [5, 5.41) is 10.6. The molecule has 15 heteroatoms. The van der Waals surface area contributed by atoms with Crippen molar-refractivity contribution in [2.75, 3.05) is 28.7 Å². The summed E-state index contributed by atoms with van der Waals surface area (Å²) < 4.78 is 0. The zero-order valence-corrected chi connectivity index (χ0v) is 35.3. The summed E-state index contributed by atoms with van der Waals surface area (Å²) in [5.74, 6) is 0.292. The molecule has 0 saturated carbocycles. The van der Waals surface area contributed by atoms with Crippen LogP contribution < -0.4 is 9.80 Å². The van der Waals surface area contributed by atoms with Gasteiger partial charge in [-0.15, -0.1) is 27.7 Å². The monoisotopic (exact) mass is 883 g/mol. The van der Waals surface area contributed by atoms with E-state index in [1.54, 1.807) is 4.90 Å². The van der Waals surface area contributed by atoms with Gasteiger partial charge in [0.2, 0.25) is 0 Å². The van der Waals surface area contributed by atoms with E-state index in [0.29, 0.717) is 12.0 Å². The average Bonchev–Trinajstić information content (AvgIpc) is 2.39. The molecule has 170 valence electrons. The van der Waals surface area contributed by atoms with E-state index in [-0.39, 0.29) is 191 Å². The van der Waals surface area contributed by atoms with Crippen LogP contribution >= 0.6 is 37.6 Å². The van der Waals surface area contributed by atoms with Crippen molar-refractivity contribution in [3.05, 3.63) is 24.7 Å². The minimum Gasteiger partial charge on any atom is -0.519 e. The van der Waals surface area contributed by atoms with Gasteiger partial charge in [-0.1, -0.05) is 20.8 Å². The second-order valence-corrected chi connectivity index (χ2v) is 6.84. The van der Waals surface area contributed by atoms with Crippen molar-refractivity contribution in [1.82, 2.24) is 0 Å². The number of phenols is 1. The van der Waals surface area contributed by atoms with Crippen molar-refractivity contribution < 1.29 is 181 Å². The van der Waals surface area contributed by atoms with Crippen molar-refractivity contribution in [2.45, 2.75) is 26.2 Å². The molecular weight excluding hydrogens is 851 g/mol. The summed E-state index contributed by atoms with van der Waals surface area (Å²) in [4.78, 5) is 3.89. The smallest absolute Gasteiger partial charge is 0.519 e. The summed E-state index contributed by atoms with van der Waals surface area (Å²) in [6, 6.07) is 4.10. The molecule has 4 unspecified atom stereocenters. The van der Waals surface area contributed by atoms with Gasteiger partial charge in [-0.3, -0.25) is 7.05 Å². The number of nitrogens with zero attached hydrogens (tertiary/aromatic N) is 2. The van der Waals surface area contributed by atoms with E-state index in [9.17, 15) is 5.11 Å². The molecule has 4 radical (unpaired) electrons. The molecule has 1 rings (SSSR count). The number of rotatable bonds is 5. The third kappa shape index (κ3) is 19.5. The van der Waals surface area contributed by atoms with Crippen LogP contribution in [-0.4, -0.2) is 34.9 Å². The van der Waals surface area contributed by atoms with Crippen LogP contribution in [0.1, 0.15) is 26.3 Å². The first-order valence-corrected chi connectivity index (χ1v) is 9.01. The van der Waals surface area contributed by atoms with Crippen LogP contribution in [0.4, 0.5) is 11.4 Å². The summed E-state index contributed by atoms with van der Waals surface area (Å²) >= 11 is 0. The van der Waals surface area contributed by atoms with E-state index in [1.165, 1.54) is 5.56 Å². The maximum Gasteiger partial charge on any atom is 1.00 e.